The number of benzene rings is 2. The summed E-state index contributed by atoms with van der Waals surface area (Å²) in [4.78, 5) is 29.4. The predicted octanol–water partition coefficient (Wildman–Crippen LogP) is 3.59. The van der Waals surface area contributed by atoms with Gasteiger partial charge in [-0.15, -0.1) is 0 Å². The molecule has 0 unspecified atom stereocenters. The molecule has 5 nitrogen and oxygen atoms in total. The number of carbonyl (C=O) groups excluding carboxylic acids is 1. The van der Waals surface area contributed by atoms with Gasteiger partial charge in [0.25, 0.3) is 5.56 Å². The lowest BCUT2D eigenvalue weighted by Gasteiger charge is -2.16. The molecule has 0 spiro atoms. The zero-order valence-electron chi connectivity index (χ0n) is 16.2. The van der Waals surface area contributed by atoms with E-state index in [4.69, 9.17) is 0 Å². The number of rotatable bonds is 5. The smallest absolute Gasteiger partial charge is 0.272 e. The number of fused-ring (bicyclic) bond motifs is 1. The summed E-state index contributed by atoms with van der Waals surface area (Å²) >= 11 is 0. The molecule has 0 bridgehead atoms. The first-order valence-electron chi connectivity index (χ1n) is 9.19. The third-order valence-corrected chi connectivity index (χ3v) is 4.96. The Kier molecular flexibility index (Phi) is 5.40. The highest BCUT2D eigenvalue weighted by atomic mass is 16.2. The maximum atomic E-state index is 12.6. The van der Waals surface area contributed by atoms with Gasteiger partial charge in [-0.05, 0) is 56.5 Å². The van der Waals surface area contributed by atoms with Gasteiger partial charge in [0.1, 0.15) is 5.69 Å². The molecule has 0 saturated carbocycles. The molecule has 1 N–H and O–H groups in total. The van der Waals surface area contributed by atoms with Gasteiger partial charge in [-0.1, -0.05) is 30.3 Å². The Hall–Kier alpha value is -2.95. The van der Waals surface area contributed by atoms with Crippen LogP contribution in [0.4, 0.5) is 0 Å². The van der Waals surface area contributed by atoms with E-state index in [-0.39, 0.29) is 23.9 Å². The van der Waals surface area contributed by atoms with Crippen LogP contribution in [0.1, 0.15) is 41.8 Å². The Bertz CT molecular complexity index is 1040. The second-order valence-electron chi connectivity index (χ2n) is 7.03. The van der Waals surface area contributed by atoms with Crippen molar-refractivity contribution in [3.63, 3.8) is 0 Å². The Labute approximate surface area is 159 Å². The largest absolute Gasteiger partial charge is 0.350 e. The van der Waals surface area contributed by atoms with Crippen LogP contribution in [0.3, 0.4) is 0 Å². The first kappa shape index (κ1) is 18.8. The highest BCUT2D eigenvalue weighted by molar-refractivity contribution is 5.78. The van der Waals surface area contributed by atoms with Gasteiger partial charge in [0.15, 0.2) is 0 Å². The van der Waals surface area contributed by atoms with Crippen molar-refractivity contribution < 1.29 is 4.79 Å². The molecule has 0 saturated heterocycles. The monoisotopic (exact) mass is 363 g/mol. The third-order valence-electron chi connectivity index (χ3n) is 4.96. The van der Waals surface area contributed by atoms with Crippen LogP contribution >= 0.6 is 0 Å². The Morgan fingerprint density at radius 1 is 1.11 bits per heavy atom. The molecule has 1 atom stereocenters. The number of hydrogen-bond donors (Lipinski definition) is 1. The highest BCUT2D eigenvalue weighted by Gasteiger charge is 2.13. The van der Waals surface area contributed by atoms with Gasteiger partial charge in [-0.2, -0.15) is 0 Å². The summed E-state index contributed by atoms with van der Waals surface area (Å²) in [7, 11) is 0. The van der Waals surface area contributed by atoms with Crippen molar-refractivity contribution in [2.45, 2.75) is 46.7 Å². The van der Waals surface area contributed by atoms with Crippen molar-refractivity contribution in [2.24, 2.45) is 0 Å². The van der Waals surface area contributed by atoms with Gasteiger partial charge in [0.2, 0.25) is 5.91 Å². The number of aromatic nitrogens is 2. The predicted molar refractivity (Wildman–Crippen MR) is 108 cm³/mol. The molecule has 1 heterocycles. The lowest BCUT2D eigenvalue weighted by Crippen LogP contribution is -2.30. The molecular weight excluding hydrogens is 338 g/mol. The summed E-state index contributed by atoms with van der Waals surface area (Å²) in [5.74, 6) is -0.0790. The van der Waals surface area contributed by atoms with Crippen molar-refractivity contribution in [1.82, 2.24) is 14.9 Å². The van der Waals surface area contributed by atoms with E-state index in [1.165, 1.54) is 0 Å². The molecule has 3 rings (SSSR count). The SMILES string of the molecule is Cc1cc2nc(C)c(=O)n(CCC(=O)N[C@H](C)c3ccccc3)c2cc1C. The zero-order chi connectivity index (χ0) is 19.6. The van der Waals surface area contributed by atoms with Gasteiger partial charge in [-0.25, -0.2) is 4.98 Å². The fraction of sp³-hybridized carbons (Fsp3) is 0.318. The molecule has 1 aromatic heterocycles. The summed E-state index contributed by atoms with van der Waals surface area (Å²) in [6.45, 7) is 8.04. The van der Waals surface area contributed by atoms with E-state index < -0.39 is 0 Å². The maximum Gasteiger partial charge on any atom is 0.272 e. The molecule has 140 valence electrons. The highest BCUT2D eigenvalue weighted by Crippen LogP contribution is 2.17. The molecule has 0 aliphatic rings. The minimum atomic E-state index is -0.144. The van der Waals surface area contributed by atoms with Crippen LogP contribution in [-0.2, 0) is 11.3 Å². The van der Waals surface area contributed by atoms with Gasteiger partial charge in [-0.3, -0.25) is 9.59 Å². The molecule has 1 amide bonds. The summed E-state index contributed by atoms with van der Waals surface area (Å²) in [6, 6.07) is 13.7. The van der Waals surface area contributed by atoms with Crippen LogP contribution in [0.15, 0.2) is 47.3 Å². The lowest BCUT2D eigenvalue weighted by atomic mass is 10.1. The average molecular weight is 363 g/mol. The number of hydrogen-bond acceptors (Lipinski definition) is 3. The minimum absolute atomic E-state index is 0.0729. The normalized spacial score (nSPS) is 12.1. The summed E-state index contributed by atoms with van der Waals surface area (Å²) < 4.78 is 1.66. The summed E-state index contributed by atoms with van der Waals surface area (Å²) in [5.41, 5.74) is 5.15. The van der Waals surface area contributed by atoms with Gasteiger partial charge in [0.05, 0.1) is 17.1 Å². The molecule has 2 aromatic carbocycles. The molecule has 0 aliphatic heterocycles. The second kappa shape index (κ2) is 7.74. The van der Waals surface area contributed by atoms with E-state index in [1.54, 1.807) is 11.5 Å². The molecule has 3 aromatic rings. The zero-order valence-corrected chi connectivity index (χ0v) is 16.2. The van der Waals surface area contributed by atoms with E-state index in [0.717, 1.165) is 27.7 Å². The lowest BCUT2D eigenvalue weighted by molar-refractivity contribution is -0.121. The average Bonchev–Trinajstić information content (AvgIpc) is 2.65. The number of aryl methyl sites for hydroxylation is 4. The molecule has 0 fully saturated rings. The topological polar surface area (TPSA) is 64.0 Å². The standard InChI is InChI=1S/C22H25N3O2/c1-14-12-19-20(13-15(14)2)25(22(27)17(4)23-19)11-10-21(26)24-16(3)18-8-6-5-7-9-18/h5-9,12-13,16H,10-11H2,1-4H3,(H,24,26)/t16-/m1/s1. The Morgan fingerprint density at radius 3 is 2.48 bits per heavy atom. The maximum absolute atomic E-state index is 12.6. The number of carbonyl (C=O) groups is 1. The van der Waals surface area contributed by atoms with E-state index in [0.29, 0.717) is 12.2 Å². The van der Waals surface area contributed by atoms with Gasteiger partial charge >= 0.3 is 0 Å². The first-order chi connectivity index (χ1) is 12.9. The van der Waals surface area contributed by atoms with E-state index in [2.05, 4.69) is 10.3 Å². The van der Waals surface area contributed by atoms with E-state index >= 15 is 0 Å². The van der Waals surface area contributed by atoms with Crippen LogP contribution in [0.5, 0.6) is 0 Å². The van der Waals surface area contributed by atoms with Crippen LogP contribution in [0.2, 0.25) is 0 Å². The number of nitrogens with zero attached hydrogens (tertiary/aromatic N) is 2. The molecule has 5 heteroatoms. The van der Waals surface area contributed by atoms with E-state index in [1.807, 2.05) is 63.2 Å². The second-order valence-corrected chi connectivity index (χ2v) is 7.03. The Balaban J connectivity index is 1.80. The minimum Gasteiger partial charge on any atom is -0.350 e. The van der Waals surface area contributed by atoms with Crippen LogP contribution in [0, 0.1) is 20.8 Å². The van der Waals surface area contributed by atoms with Crippen LogP contribution in [-0.4, -0.2) is 15.5 Å². The van der Waals surface area contributed by atoms with Crippen molar-refractivity contribution in [3.8, 4) is 0 Å². The summed E-state index contributed by atoms with van der Waals surface area (Å²) in [5, 5.41) is 3.00. The fourth-order valence-corrected chi connectivity index (χ4v) is 3.20. The molecular formula is C22H25N3O2. The summed E-state index contributed by atoms with van der Waals surface area (Å²) in [6.07, 6.45) is 0.239. The van der Waals surface area contributed by atoms with Crippen molar-refractivity contribution in [1.29, 1.82) is 0 Å². The third kappa shape index (κ3) is 4.08. The van der Waals surface area contributed by atoms with Gasteiger partial charge in [0, 0.05) is 13.0 Å². The van der Waals surface area contributed by atoms with Crippen LogP contribution < -0.4 is 10.9 Å². The molecule has 27 heavy (non-hydrogen) atoms. The number of nitrogens with one attached hydrogen (secondary N) is 1. The number of amides is 1. The molecule has 0 radical (unpaired) electrons. The van der Waals surface area contributed by atoms with Crippen molar-refractivity contribution in [2.75, 3.05) is 0 Å². The first-order valence-corrected chi connectivity index (χ1v) is 9.19. The van der Waals surface area contributed by atoms with E-state index in [9.17, 15) is 9.59 Å². The van der Waals surface area contributed by atoms with Crippen molar-refractivity contribution >= 4 is 16.9 Å². The van der Waals surface area contributed by atoms with Crippen LogP contribution in [0.25, 0.3) is 11.0 Å². The Morgan fingerprint density at radius 2 is 1.78 bits per heavy atom. The quantitative estimate of drug-likeness (QED) is 0.753. The molecule has 0 aliphatic carbocycles. The fourth-order valence-electron chi connectivity index (χ4n) is 3.20. The van der Waals surface area contributed by atoms with Gasteiger partial charge < -0.3 is 9.88 Å². The van der Waals surface area contributed by atoms with Crippen molar-refractivity contribution in [3.05, 3.63) is 75.2 Å².